The quantitative estimate of drug-likeness (QED) is 0.118. The molecule has 2 aliphatic heterocycles. The van der Waals surface area contributed by atoms with Crippen LogP contribution in [0.1, 0.15) is 92.9 Å². The van der Waals surface area contributed by atoms with Gasteiger partial charge in [-0.1, -0.05) is 53.2 Å². The number of aliphatic hydroxyl groups is 9. The van der Waals surface area contributed by atoms with Gasteiger partial charge in [-0.2, -0.15) is 0 Å². The van der Waals surface area contributed by atoms with Crippen LogP contribution in [0.15, 0.2) is 11.6 Å². The van der Waals surface area contributed by atoms with Crippen LogP contribution in [0.25, 0.3) is 0 Å². The van der Waals surface area contributed by atoms with Crippen molar-refractivity contribution in [1.29, 1.82) is 0 Å². The summed E-state index contributed by atoms with van der Waals surface area (Å²) < 4.78 is 23.7. The van der Waals surface area contributed by atoms with Gasteiger partial charge in [-0.3, -0.25) is 4.79 Å². The second-order valence-corrected chi connectivity index (χ2v) is 20.5. The largest absolute Gasteiger partial charge is 0.481 e. The highest BCUT2D eigenvalue weighted by Crippen LogP contribution is 2.76. The number of carboxylic acids is 1. The van der Waals surface area contributed by atoms with Gasteiger partial charge in [-0.05, 0) is 84.9 Å². The third kappa shape index (κ3) is 5.96. The number of hydrogen-bond donors (Lipinski definition) is 10. The third-order valence-corrected chi connectivity index (χ3v) is 17.0. The zero-order valence-electron chi connectivity index (χ0n) is 33.6. The molecule has 10 N–H and O–H groups in total. The summed E-state index contributed by atoms with van der Waals surface area (Å²) in [7, 11) is 0. The molecule has 15 nitrogen and oxygen atoms in total. The SMILES string of the molecule is CC1(C)CC[C@]2(C(=O)O)CC[C@]3(C)C(=CC[C@@H]4[C@@]5(C)C[C@H](O)[C@H](O[C@@H]6O[C@H](CO)[C@@H](O)[C@H](O)[C@H]6O[C@@H]6OC[C@](O)(CO)[C@H]6O)[C@@](C)(CO)[C@@H]5[C@H](O)C[C@]43C)[C@@H]2C1. The van der Waals surface area contributed by atoms with Crippen LogP contribution in [0.2, 0.25) is 0 Å². The lowest BCUT2D eigenvalue weighted by Gasteiger charge is -2.72. The summed E-state index contributed by atoms with van der Waals surface area (Å²) in [5.41, 5.74) is -4.70. The molecule has 0 bridgehead atoms. The van der Waals surface area contributed by atoms with Crippen LogP contribution >= 0.6 is 0 Å². The van der Waals surface area contributed by atoms with E-state index in [1.54, 1.807) is 6.92 Å². The van der Waals surface area contributed by atoms with Gasteiger partial charge < -0.3 is 70.0 Å². The minimum absolute atomic E-state index is 0.0146. The summed E-state index contributed by atoms with van der Waals surface area (Å²) in [6, 6.07) is 0. The molecule has 2 heterocycles. The Balaban J connectivity index is 1.22. The summed E-state index contributed by atoms with van der Waals surface area (Å²) >= 11 is 0. The number of rotatable bonds is 8. The number of carbonyl (C=O) groups is 1. The lowest BCUT2D eigenvalue weighted by Crippen LogP contribution is -2.72. The Morgan fingerprint density at radius 2 is 1.52 bits per heavy atom. The summed E-state index contributed by atoms with van der Waals surface area (Å²) in [6.07, 6.45) is -7.95. The molecule has 0 unspecified atom stereocenters. The zero-order valence-corrected chi connectivity index (χ0v) is 33.6. The van der Waals surface area contributed by atoms with Gasteiger partial charge in [0.15, 0.2) is 12.6 Å². The molecule has 7 aliphatic rings. The molecule has 0 amide bonds. The molecule has 5 aliphatic carbocycles. The van der Waals surface area contributed by atoms with Crippen molar-refractivity contribution in [2.75, 3.05) is 26.4 Å². The highest BCUT2D eigenvalue weighted by Gasteiger charge is 2.73. The van der Waals surface area contributed by atoms with Crippen molar-refractivity contribution >= 4 is 5.97 Å². The van der Waals surface area contributed by atoms with E-state index in [9.17, 15) is 55.9 Å². The number of hydrogen-bond acceptors (Lipinski definition) is 14. The fourth-order valence-electron chi connectivity index (χ4n) is 13.7. The molecule has 15 heteroatoms. The van der Waals surface area contributed by atoms with Crippen LogP contribution in [0.4, 0.5) is 0 Å². The predicted molar refractivity (Wildman–Crippen MR) is 196 cm³/mol. The number of allylic oxidation sites excluding steroid dienone is 2. The molecule has 0 aromatic rings. The molecule has 56 heavy (non-hydrogen) atoms. The highest BCUT2D eigenvalue weighted by molar-refractivity contribution is 5.76. The minimum Gasteiger partial charge on any atom is -0.481 e. The van der Waals surface area contributed by atoms with E-state index in [0.717, 1.165) is 12.8 Å². The molecule has 2 saturated heterocycles. The number of carboxylic acid groups (broad SMARTS) is 1. The predicted octanol–water partition coefficient (Wildman–Crippen LogP) is 0.437. The summed E-state index contributed by atoms with van der Waals surface area (Å²) in [6.45, 7) is 10.1. The minimum atomic E-state index is -2.06. The van der Waals surface area contributed by atoms with Crippen LogP contribution in [0.3, 0.4) is 0 Å². The molecular weight excluding hydrogens is 732 g/mol. The first kappa shape index (κ1) is 42.8. The normalized spacial score (nSPS) is 55.3. The lowest BCUT2D eigenvalue weighted by molar-refractivity contribution is -0.369. The first-order valence-corrected chi connectivity index (χ1v) is 20.5. The average Bonchev–Trinajstić information content (AvgIpc) is 3.41. The summed E-state index contributed by atoms with van der Waals surface area (Å²) in [4.78, 5) is 13.1. The van der Waals surface area contributed by atoms with E-state index in [-0.39, 0.29) is 23.7 Å². The van der Waals surface area contributed by atoms with E-state index < -0.39 is 132 Å². The molecule has 0 aromatic heterocycles. The Morgan fingerprint density at radius 1 is 0.839 bits per heavy atom. The highest BCUT2D eigenvalue weighted by atomic mass is 16.8. The Labute approximate surface area is 328 Å². The number of fused-ring (bicyclic) bond motifs is 7. The van der Waals surface area contributed by atoms with Crippen molar-refractivity contribution in [3.8, 4) is 0 Å². The third-order valence-electron chi connectivity index (χ3n) is 17.0. The average molecular weight is 799 g/mol. The maximum Gasteiger partial charge on any atom is 0.310 e. The van der Waals surface area contributed by atoms with Crippen molar-refractivity contribution in [3.63, 3.8) is 0 Å². The molecule has 4 saturated carbocycles. The zero-order chi connectivity index (χ0) is 41.2. The van der Waals surface area contributed by atoms with Crippen LogP contribution in [0, 0.1) is 50.2 Å². The fourth-order valence-corrected chi connectivity index (χ4v) is 13.7. The van der Waals surface area contributed by atoms with E-state index in [1.165, 1.54) is 5.57 Å². The lowest BCUT2D eigenvalue weighted by atomic mass is 9.33. The molecule has 320 valence electrons. The summed E-state index contributed by atoms with van der Waals surface area (Å²) in [5, 5.41) is 110. The molecular formula is C41H66O15. The van der Waals surface area contributed by atoms with Crippen molar-refractivity contribution in [3.05, 3.63) is 11.6 Å². The van der Waals surface area contributed by atoms with Gasteiger partial charge in [-0.25, -0.2) is 0 Å². The van der Waals surface area contributed by atoms with Gasteiger partial charge in [0.25, 0.3) is 0 Å². The molecule has 7 rings (SSSR count). The van der Waals surface area contributed by atoms with Crippen LogP contribution in [-0.4, -0.2) is 150 Å². The van der Waals surface area contributed by atoms with Gasteiger partial charge in [0.1, 0.15) is 36.1 Å². The Bertz CT molecular complexity index is 1540. The van der Waals surface area contributed by atoms with Crippen molar-refractivity contribution in [2.45, 2.75) is 160 Å². The number of ether oxygens (including phenoxy) is 4. The Morgan fingerprint density at radius 3 is 2.12 bits per heavy atom. The van der Waals surface area contributed by atoms with Crippen molar-refractivity contribution in [2.24, 2.45) is 50.2 Å². The maximum absolute atomic E-state index is 13.1. The number of aliphatic carboxylic acids is 1. The number of aliphatic hydroxyl groups excluding tert-OH is 8. The van der Waals surface area contributed by atoms with Gasteiger partial charge >= 0.3 is 5.97 Å². The van der Waals surface area contributed by atoms with Gasteiger partial charge in [0.2, 0.25) is 0 Å². The van der Waals surface area contributed by atoms with Crippen LogP contribution in [-0.2, 0) is 23.7 Å². The molecule has 6 fully saturated rings. The van der Waals surface area contributed by atoms with Crippen molar-refractivity contribution < 1.29 is 74.8 Å². The maximum atomic E-state index is 13.1. The van der Waals surface area contributed by atoms with Gasteiger partial charge in [0, 0.05) is 11.3 Å². The smallest absolute Gasteiger partial charge is 0.310 e. The van der Waals surface area contributed by atoms with E-state index in [2.05, 4.69) is 40.7 Å². The molecule has 0 radical (unpaired) electrons. The van der Waals surface area contributed by atoms with Gasteiger partial charge in [0.05, 0.1) is 50.2 Å². The fraction of sp³-hybridized carbons (Fsp3) is 0.927. The second kappa shape index (κ2) is 14.1. The Kier molecular flexibility index (Phi) is 10.8. The molecule has 19 atom stereocenters. The first-order valence-electron chi connectivity index (χ1n) is 20.5. The topological polar surface area (TPSA) is 256 Å². The van der Waals surface area contributed by atoms with Crippen molar-refractivity contribution in [1.82, 2.24) is 0 Å². The molecule has 0 aromatic carbocycles. The Hall–Kier alpha value is -1.31. The van der Waals surface area contributed by atoms with E-state index >= 15 is 0 Å². The van der Waals surface area contributed by atoms with E-state index in [4.69, 9.17) is 18.9 Å². The van der Waals surface area contributed by atoms with Gasteiger partial charge in [-0.15, -0.1) is 0 Å². The van der Waals surface area contributed by atoms with Crippen LogP contribution < -0.4 is 0 Å². The second-order valence-electron chi connectivity index (χ2n) is 20.5. The monoisotopic (exact) mass is 798 g/mol. The molecule has 0 spiro atoms. The first-order chi connectivity index (χ1) is 26.0. The van der Waals surface area contributed by atoms with Crippen LogP contribution in [0.5, 0.6) is 0 Å². The summed E-state index contributed by atoms with van der Waals surface area (Å²) in [5.74, 6) is -1.55. The van der Waals surface area contributed by atoms with E-state index in [0.29, 0.717) is 32.1 Å². The van der Waals surface area contributed by atoms with E-state index in [1.807, 2.05) is 0 Å². The standard InChI is InChI=1S/C41H66O15/c1-35(2)9-11-40(34(50)51)12-10-38(5)20(21(40)13-35)7-8-25-36(3)14-23(46)31(37(4,17-43)29(36)22(45)15-39(25,38)6)56-32-28(27(48)26(47)24(16-42)54-32)55-33-30(49)41(52,18-44)19-53-33/h7,21-33,42-49,52H,8-19H2,1-6H3,(H,50,51)/t21-,22+,23-,24+,25+,26+,27-,28+,29+,30-,31-,32-,33-,36+,37-,38+,39+,40-,41+/m0/s1.